The van der Waals surface area contributed by atoms with E-state index in [4.69, 9.17) is 4.74 Å². The van der Waals surface area contributed by atoms with Crippen molar-refractivity contribution in [1.82, 2.24) is 15.2 Å². The quantitative estimate of drug-likeness (QED) is 0.786. The lowest BCUT2D eigenvalue weighted by Crippen LogP contribution is -2.40. The van der Waals surface area contributed by atoms with Gasteiger partial charge in [-0.1, -0.05) is 13.0 Å². The molecule has 0 radical (unpaired) electrons. The molecule has 1 aliphatic heterocycles. The Kier molecular flexibility index (Phi) is 7.43. The van der Waals surface area contributed by atoms with E-state index in [2.05, 4.69) is 17.2 Å². The minimum atomic E-state index is 0.0626. The molecule has 1 fully saturated rings. The molecule has 1 N–H and O–H groups in total. The molecule has 28 heavy (non-hydrogen) atoms. The number of benzene rings is 1. The molecule has 5 nitrogen and oxygen atoms in total. The summed E-state index contributed by atoms with van der Waals surface area (Å²) in [6.07, 6.45) is 5.97. The van der Waals surface area contributed by atoms with Crippen molar-refractivity contribution in [2.75, 3.05) is 13.1 Å². The zero-order valence-electron chi connectivity index (χ0n) is 16.9. The van der Waals surface area contributed by atoms with Crippen molar-refractivity contribution in [2.24, 2.45) is 0 Å². The van der Waals surface area contributed by atoms with E-state index in [1.807, 2.05) is 54.3 Å². The first-order valence-corrected chi connectivity index (χ1v) is 10.4. The van der Waals surface area contributed by atoms with E-state index < -0.39 is 0 Å². The second-order valence-electron chi connectivity index (χ2n) is 7.45. The first-order chi connectivity index (χ1) is 13.7. The molecule has 1 aromatic carbocycles. The largest absolute Gasteiger partial charge is 0.491 e. The SMILES string of the molecule is CCC(C)Oc1ccc(C(=O)N(Cc2ccccn2)C2CCCNCC2)cc1. The fourth-order valence-electron chi connectivity index (χ4n) is 3.50. The Morgan fingerprint density at radius 1 is 1.21 bits per heavy atom. The number of amides is 1. The third kappa shape index (κ3) is 5.55. The minimum absolute atomic E-state index is 0.0626. The summed E-state index contributed by atoms with van der Waals surface area (Å²) in [7, 11) is 0. The predicted octanol–water partition coefficient (Wildman–Crippen LogP) is 4.04. The number of aromatic nitrogens is 1. The van der Waals surface area contributed by atoms with Crippen LogP contribution in [0.1, 0.15) is 55.6 Å². The van der Waals surface area contributed by atoms with Gasteiger partial charge in [0.25, 0.3) is 5.91 Å². The zero-order valence-corrected chi connectivity index (χ0v) is 16.9. The van der Waals surface area contributed by atoms with Crippen molar-refractivity contribution in [3.63, 3.8) is 0 Å². The number of carbonyl (C=O) groups excluding carboxylic acids is 1. The van der Waals surface area contributed by atoms with Crippen LogP contribution in [0.25, 0.3) is 0 Å². The van der Waals surface area contributed by atoms with Gasteiger partial charge in [-0.05, 0) is 82.1 Å². The second kappa shape index (κ2) is 10.2. The average Bonchev–Trinajstić information content (AvgIpc) is 3.02. The highest BCUT2D eigenvalue weighted by Gasteiger charge is 2.26. The molecule has 2 unspecified atom stereocenters. The maximum absolute atomic E-state index is 13.4. The molecule has 2 aromatic rings. The Balaban J connectivity index is 1.78. The number of pyridine rings is 1. The van der Waals surface area contributed by atoms with Crippen molar-refractivity contribution in [3.8, 4) is 5.75 Å². The highest BCUT2D eigenvalue weighted by molar-refractivity contribution is 5.94. The van der Waals surface area contributed by atoms with Crippen LogP contribution in [0.5, 0.6) is 5.75 Å². The molecule has 1 amide bonds. The molecule has 0 bridgehead atoms. The maximum atomic E-state index is 13.4. The van der Waals surface area contributed by atoms with Gasteiger partial charge in [-0.3, -0.25) is 9.78 Å². The number of hydrogen-bond donors (Lipinski definition) is 1. The Labute approximate surface area is 168 Å². The number of ether oxygens (including phenoxy) is 1. The summed E-state index contributed by atoms with van der Waals surface area (Å²) in [5, 5.41) is 3.44. The van der Waals surface area contributed by atoms with E-state index >= 15 is 0 Å². The lowest BCUT2D eigenvalue weighted by molar-refractivity contribution is 0.0642. The van der Waals surface area contributed by atoms with E-state index in [0.29, 0.717) is 12.1 Å². The van der Waals surface area contributed by atoms with Crippen LogP contribution in [-0.2, 0) is 6.54 Å². The molecule has 5 heteroatoms. The van der Waals surface area contributed by atoms with Crippen LogP contribution < -0.4 is 10.1 Å². The molecule has 3 rings (SSSR count). The van der Waals surface area contributed by atoms with E-state index in [0.717, 1.165) is 50.2 Å². The van der Waals surface area contributed by atoms with Crippen LogP contribution in [0.15, 0.2) is 48.7 Å². The van der Waals surface area contributed by atoms with Crippen molar-refractivity contribution in [2.45, 2.75) is 58.2 Å². The summed E-state index contributed by atoms with van der Waals surface area (Å²) in [5.74, 6) is 0.869. The van der Waals surface area contributed by atoms with Crippen molar-refractivity contribution in [3.05, 3.63) is 59.9 Å². The summed E-state index contributed by atoms with van der Waals surface area (Å²) in [5.41, 5.74) is 1.62. The van der Waals surface area contributed by atoms with Gasteiger partial charge in [0.05, 0.1) is 18.3 Å². The lowest BCUT2D eigenvalue weighted by Gasteiger charge is -2.31. The summed E-state index contributed by atoms with van der Waals surface area (Å²) in [6.45, 7) is 6.64. The van der Waals surface area contributed by atoms with E-state index in [-0.39, 0.29) is 18.1 Å². The fourth-order valence-corrected chi connectivity index (χ4v) is 3.50. The molecule has 1 aliphatic rings. The van der Waals surface area contributed by atoms with E-state index in [1.165, 1.54) is 0 Å². The van der Waals surface area contributed by atoms with Crippen LogP contribution in [0.4, 0.5) is 0 Å². The van der Waals surface area contributed by atoms with Gasteiger partial charge in [0, 0.05) is 17.8 Å². The van der Waals surface area contributed by atoms with Gasteiger partial charge in [-0.2, -0.15) is 0 Å². The monoisotopic (exact) mass is 381 g/mol. The zero-order chi connectivity index (χ0) is 19.8. The highest BCUT2D eigenvalue weighted by atomic mass is 16.5. The van der Waals surface area contributed by atoms with E-state index in [9.17, 15) is 4.79 Å². The van der Waals surface area contributed by atoms with Crippen LogP contribution >= 0.6 is 0 Å². The second-order valence-corrected chi connectivity index (χ2v) is 7.45. The van der Waals surface area contributed by atoms with Gasteiger partial charge in [0.1, 0.15) is 5.75 Å². The van der Waals surface area contributed by atoms with Gasteiger partial charge in [0.2, 0.25) is 0 Å². The van der Waals surface area contributed by atoms with Gasteiger partial charge in [-0.15, -0.1) is 0 Å². The molecule has 0 saturated carbocycles. The molecule has 1 saturated heterocycles. The Hall–Kier alpha value is -2.40. The molecule has 0 aliphatic carbocycles. The predicted molar refractivity (Wildman–Crippen MR) is 111 cm³/mol. The van der Waals surface area contributed by atoms with Gasteiger partial charge < -0.3 is 15.0 Å². The fraction of sp³-hybridized carbons (Fsp3) is 0.478. The van der Waals surface area contributed by atoms with Crippen LogP contribution in [0.3, 0.4) is 0 Å². The smallest absolute Gasteiger partial charge is 0.254 e. The first-order valence-electron chi connectivity index (χ1n) is 10.4. The van der Waals surface area contributed by atoms with Gasteiger partial charge in [0.15, 0.2) is 0 Å². The molecule has 2 heterocycles. The minimum Gasteiger partial charge on any atom is -0.491 e. The molecule has 1 aromatic heterocycles. The summed E-state index contributed by atoms with van der Waals surface area (Å²) >= 11 is 0. The highest BCUT2D eigenvalue weighted by Crippen LogP contribution is 2.21. The number of nitrogens with one attached hydrogen (secondary N) is 1. The summed E-state index contributed by atoms with van der Waals surface area (Å²) < 4.78 is 5.84. The topological polar surface area (TPSA) is 54.5 Å². The molecular weight excluding hydrogens is 350 g/mol. The number of hydrogen-bond acceptors (Lipinski definition) is 4. The molecule has 150 valence electrons. The molecule has 0 spiro atoms. The Morgan fingerprint density at radius 2 is 2.04 bits per heavy atom. The number of nitrogens with zero attached hydrogens (tertiary/aromatic N) is 2. The summed E-state index contributed by atoms with van der Waals surface area (Å²) in [6, 6.07) is 13.6. The van der Waals surface area contributed by atoms with Crippen LogP contribution in [-0.4, -0.2) is 41.0 Å². The van der Waals surface area contributed by atoms with Gasteiger partial charge >= 0.3 is 0 Å². The summed E-state index contributed by atoms with van der Waals surface area (Å²) in [4.78, 5) is 19.8. The molecule has 2 atom stereocenters. The normalized spacial score (nSPS) is 18.1. The standard InChI is InChI=1S/C23H31N3O2/c1-3-18(2)28-22-11-9-19(10-12-22)23(27)26(17-20-7-4-5-15-25-20)21-8-6-14-24-16-13-21/h4-5,7,9-12,15,18,21,24H,3,6,8,13-14,16-17H2,1-2H3. The van der Waals surface area contributed by atoms with Crippen molar-refractivity contribution in [1.29, 1.82) is 0 Å². The Morgan fingerprint density at radius 3 is 2.75 bits per heavy atom. The lowest BCUT2D eigenvalue weighted by atomic mass is 10.0. The molecular formula is C23H31N3O2. The van der Waals surface area contributed by atoms with Crippen molar-refractivity contribution < 1.29 is 9.53 Å². The van der Waals surface area contributed by atoms with E-state index in [1.54, 1.807) is 6.20 Å². The van der Waals surface area contributed by atoms with Crippen LogP contribution in [0, 0.1) is 0 Å². The average molecular weight is 382 g/mol. The third-order valence-corrected chi connectivity index (χ3v) is 5.32. The first kappa shape index (κ1) is 20.3. The third-order valence-electron chi connectivity index (χ3n) is 5.32. The Bertz CT molecular complexity index is 725. The van der Waals surface area contributed by atoms with Gasteiger partial charge in [-0.25, -0.2) is 0 Å². The number of rotatable bonds is 7. The van der Waals surface area contributed by atoms with Crippen LogP contribution in [0.2, 0.25) is 0 Å². The maximum Gasteiger partial charge on any atom is 0.254 e. The van der Waals surface area contributed by atoms with Crippen molar-refractivity contribution >= 4 is 5.91 Å². The number of carbonyl (C=O) groups is 1.